The maximum atomic E-state index is 12.0. The van der Waals surface area contributed by atoms with E-state index in [2.05, 4.69) is 20.8 Å². The first-order valence-electron chi connectivity index (χ1n) is 6.58. The van der Waals surface area contributed by atoms with E-state index in [0.29, 0.717) is 28.1 Å². The Hall–Kier alpha value is -2.06. The monoisotopic (exact) mass is 336 g/mol. The highest BCUT2D eigenvalue weighted by Gasteiger charge is 2.22. The summed E-state index contributed by atoms with van der Waals surface area (Å²) >= 11 is 6.60. The summed E-state index contributed by atoms with van der Waals surface area (Å²) in [5.74, 6) is -0.0261. The molecule has 6 nitrogen and oxygen atoms in total. The SMILES string of the molecule is CCOC(=O)c1c(SC)n[nH]c1NC(=S)Nc1ccccc1. The van der Waals surface area contributed by atoms with Crippen LogP contribution in [0.1, 0.15) is 17.3 Å². The molecule has 0 aliphatic carbocycles. The normalized spacial score (nSPS) is 10.1. The third-order valence-corrected chi connectivity index (χ3v) is 3.56. The van der Waals surface area contributed by atoms with Gasteiger partial charge in [-0.2, -0.15) is 5.10 Å². The number of ether oxygens (including phenoxy) is 1. The molecule has 0 amide bonds. The number of rotatable bonds is 5. The average Bonchev–Trinajstić information content (AvgIpc) is 2.91. The number of anilines is 2. The van der Waals surface area contributed by atoms with Crippen molar-refractivity contribution in [2.75, 3.05) is 23.5 Å². The molecule has 2 aromatic rings. The Balaban J connectivity index is 2.13. The van der Waals surface area contributed by atoms with Gasteiger partial charge in [0.25, 0.3) is 0 Å². The van der Waals surface area contributed by atoms with Crippen LogP contribution >= 0.6 is 24.0 Å². The van der Waals surface area contributed by atoms with Crippen molar-refractivity contribution in [2.24, 2.45) is 0 Å². The molecular weight excluding hydrogens is 320 g/mol. The summed E-state index contributed by atoms with van der Waals surface area (Å²) in [5.41, 5.74) is 1.20. The molecule has 0 fully saturated rings. The predicted molar refractivity (Wildman–Crippen MR) is 92.6 cm³/mol. The standard InChI is InChI=1S/C14H16N4O2S2/c1-3-20-13(19)10-11(17-18-12(10)22-2)16-14(21)15-9-7-5-4-6-8-9/h4-8H,3H2,1-2H3,(H3,15,16,17,18,21). The van der Waals surface area contributed by atoms with E-state index in [9.17, 15) is 4.79 Å². The van der Waals surface area contributed by atoms with E-state index < -0.39 is 5.97 Å². The number of hydrogen-bond acceptors (Lipinski definition) is 5. The lowest BCUT2D eigenvalue weighted by atomic mass is 10.3. The molecule has 0 aliphatic rings. The summed E-state index contributed by atoms with van der Waals surface area (Å²) in [6.45, 7) is 2.05. The van der Waals surface area contributed by atoms with Gasteiger partial charge in [-0.05, 0) is 37.5 Å². The van der Waals surface area contributed by atoms with E-state index in [1.165, 1.54) is 11.8 Å². The molecule has 0 spiro atoms. The smallest absolute Gasteiger partial charge is 0.344 e. The molecule has 1 aromatic heterocycles. The zero-order chi connectivity index (χ0) is 15.9. The van der Waals surface area contributed by atoms with E-state index >= 15 is 0 Å². The van der Waals surface area contributed by atoms with Gasteiger partial charge in [0.2, 0.25) is 0 Å². The Bertz CT molecular complexity index is 658. The van der Waals surface area contributed by atoms with Crippen molar-refractivity contribution in [3.8, 4) is 0 Å². The van der Waals surface area contributed by atoms with E-state index in [0.717, 1.165) is 5.69 Å². The fourth-order valence-corrected chi connectivity index (χ4v) is 2.50. The highest BCUT2D eigenvalue weighted by molar-refractivity contribution is 7.98. The van der Waals surface area contributed by atoms with Crippen molar-refractivity contribution in [2.45, 2.75) is 11.9 Å². The van der Waals surface area contributed by atoms with Gasteiger partial charge in [-0.1, -0.05) is 18.2 Å². The number of aromatic nitrogens is 2. The molecule has 0 aliphatic heterocycles. The van der Waals surface area contributed by atoms with Gasteiger partial charge >= 0.3 is 5.97 Å². The second kappa shape index (κ2) is 7.81. The van der Waals surface area contributed by atoms with Crippen LogP contribution in [0.25, 0.3) is 0 Å². The number of carbonyl (C=O) groups excluding carboxylic acids is 1. The van der Waals surface area contributed by atoms with Gasteiger partial charge in [0, 0.05) is 5.69 Å². The quantitative estimate of drug-likeness (QED) is 0.440. The molecule has 3 N–H and O–H groups in total. The van der Waals surface area contributed by atoms with Crippen LogP contribution in [0.2, 0.25) is 0 Å². The lowest BCUT2D eigenvalue weighted by Gasteiger charge is -2.10. The van der Waals surface area contributed by atoms with E-state index in [-0.39, 0.29) is 0 Å². The van der Waals surface area contributed by atoms with Crippen molar-refractivity contribution in [3.05, 3.63) is 35.9 Å². The molecule has 0 saturated carbocycles. The molecule has 0 bridgehead atoms. The fraction of sp³-hybridized carbons (Fsp3) is 0.214. The summed E-state index contributed by atoms with van der Waals surface area (Å²) in [5, 5.41) is 13.7. The van der Waals surface area contributed by atoms with Gasteiger partial charge < -0.3 is 15.4 Å². The van der Waals surface area contributed by atoms with Gasteiger partial charge in [0.05, 0.1) is 6.61 Å². The van der Waals surface area contributed by atoms with E-state index in [1.54, 1.807) is 6.92 Å². The van der Waals surface area contributed by atoms with Crippen LogP contribution in [0.5, 0.6) is 0 Å². The van der Waals surface area contributed by atoms with Crippen LogP contribution in [0, 0.1) is 0 Å². The lowest BCUT2D eigenvalue weighted by Crippen LogP contribution is -2.21. The Morgan fingerprint density at radius 3 is 2.73 bits per heavy atom. The highest BCUT2D eigenvalue weighted by atomic mass is 32.2. The van der Waals surface area contributed by atoms with Crippen LogP contribution in [0.4, 0.5) is 11.5 Å². The molecular formula is C14H16N4O2S2. The van der Waals surface area contributed by atoms with Crippen molar-refractivity contribution < 1.29 is 9.53 Å². The van der Waals surface area contributed by atoms with Crippen LogP contribution in [-0.4, -0.2) is 34.1 Å². The Morgan fingerprint density at radius 1 is 1.36 bits per heavy atom. The number of nitrogens with zero attached hydrogens (tertiary/aromatic N) is 1. The predicted octanol–water partition coefficient (Wildman–Crippen LogP) is 3.12. The molecule has 0 saturated heterocycles. The maximum Gasteiger partial charge on any atom is 0.344 e. The Kier molecular flexibility index (Phi) is 5.79. The third-order valence-electron chi connectivity index (χ3n) is 2.68. The number of aromatic amines is 1. The molecule has 8 heteroatoms. The highest BCUT2D eigenvalue weighted by Crippen LogP contribution is 2.25. The molecule has 1 heterocycles. The van der Waals surface area contributed by atoms with Crippen molar-refractivity contribution >= 4 is 46.6 Å². The summed E-state index contributed by atoms with van der Waals surface area (Å²) in [6.07, 6.45) is 1.84. The van der Waals surface area contributed by atoms with Gasteiger partial charge in [0.1, 0.15) is 16.4 Å². The van der Waals surface area contributed by atoms with Crippen molar-refractivity contribution in [3.63, 3.8) is 0 Å². The van der Waals surface area contributed by atoms with E-state index in [1.807, 2.05) is 36.6 Å². The Labute approximate surface area is 138 Å². The number of nitrogens with one attached hydrogen (secondary N) is 3. The summed E-state index contributed by atoms with van der Waals surface area (Å²) in [4.78, 5) is 12.0. The second-order valence-corrected chi connectivity index (χ2v) is 5.35. The van der Waals surface area contributed by atoms with Crippen LogP contribution < -0.4 is 10.6 Å². The number of thiocarbonyl (C=S) groups is 1. The molecule has 0 radical (unpaired) electrons. The number of esters is 1. The number of carbonyl (C=O) groups is 1. The van der Waals surface area contributed by atoms with Gasteiger partial charge in [-0.25, -0.2) is 4.79 Å². The first-order valence-corrected chi connectivity index (χ1v) is 8.21. The largest absolute Gasteiger partial charge is 0.462 e. The first kappa shape index (κ1) is 16.3. The van der Waals surface area contributed by atoms with Gasteiger partial charge in [-0.3, -0.25) is 5.10 Å². The summed E-state index contributed by atoms with van der Waals surface area (Å²) in [6, 6.07) is 9.50. The summed E-state index contributed by atoms with van der Waals surface area (Å²) < 4.78 is 5.05. The first-order chi connectivity index (χ1) is 10.7. The molecule has 0 atom stereocenters. The summed E-state index contributed by atoms with van der Waals surface area (Å²) in [7, 11) is 0. The molecule has 2 rings (SSSR count). The van der Waals surface area contributed by atoms with E-state index in [4.69, 9.17) is 17.0 Å². The minimum Gasteiger partial charge on any atom is -0.462 e. The van der Waals surface area contributed by atoms with Crippen LogP contribution in [-0.2, 0) is 4.74 Å². The van der Waals surface area contributed by atoms with Crippen LogP contribution in [0.15, 0.2) is 35.4 Å². The molecule has 116 valence electrons. The maximum absolute atomic E-state index is 12.0. The van der Waals surface area contributed by atoms with Crippen molar-refractivity contribution in [1.82, 2.24) is 10.2 Å². The number of benzene rings is 1. The topological polar surface area (TPSA) is 79.0 Å². The fourth-order valence-electron chi connectivity index (χ4n) is 1.75. The zero-order valence-corrected chi connectivity index (χ0v) is 13.8. The third kappa shape index (κ3) is 3.99. The molecule has 1 aromatic carbocycles. The number of hydrogen-bond donors (Lipinski definition) is 3. The van der Waals surface area contributed by atoms with Crippen molar-refractivity contribution in [1.29, 1.82) is 0 Å². The Morgan fingerprint density at radius 2 is 2.09 bits per heavy atom. The number of para-hydroxylation sites is 1. The molecule has 22 heavy (non-hydrogen) atoms. The number of thioether (sulfide) groups is 1. The number of H-pyrrole nitrogens is 1. The van der Waals surface area contributed by atoms with Crippen LogP contribution in [0.3, 0.4) is 0 Å². The average molecular weight is 336 g/mol. The minimum atomic E-state index is -0.439. The van der Waals surface area contributed by atoms with Gasteiger partial charge in [0.15, 0.2) is 5.11 Å². The lowest BCUT2D eigenvalue weighted by molar-refractivity contribution is 0.0523. The minimum absolute atomic E-state index is 0.296. The second-order valence-electron chi connectivity index (χ2n) is 4.15. The van der Waals surface area contributed by atoms with Gasteiger partial charge in [-0.15, -0.1) is 11.8 Å². The molecule has 0 unspecified atom stereocenters. The zero-order valence-electron chi connectivity index (χ0n) is 12.2.